The molecule has 1 aliphatic heterocycles. The minimum atomic E-state index is -0.192. The molecule has 1 fully saturated rings. The van der Waals surface area contributed by atoms with Crippen molar-refractivity contribution in [3.05, 3.63) is 23.1 Å². The van der Waals surface area contributed by atoms with Crippen LogP contribution >= 0.6 is 35.1 Å². The second-order valence-electron chi connectivity index (χ2n) is 3.38. The predicted molar refractivity (Wildman–Crippen MR) is 69.6 cm³/mol. The standard InChI is InChI=1S/C10H12ClNO2S2/c11-9-2-1-8(14-9)10(13)12-5-7-6-15-3-4-16-7/h1-2,7H,3-6H2,(H,12,13). The van der Waals surface area contributed by atoms with Crippen molar-refractivity contribution in [2.24, 2.45) is 0 Å². The Morgan fingerprint density at radius 3 is 3.06 bits per heavy atom. The van der Waals surface area contributed by atoms with Crippen LogP contribution < -0.4 is 5.32 Å². The second-order valence-corrected chi connectivity index (χ2v) is 6.31. The Hall–Kier alpha value is -0.260. The molecule has 3 nitrogen and oxygen atoms in total. The molecular weight excluding hydrogens is 266 g/mol. The second kappa shape index (κ2) is 5.89. The highest BCUT2D eigenvalue weighted by Crippen LogP contribution is 2.23. The smallest absolute Gasteiger partial charge is 0.287 e. The Morgan fingerprint density at radius 1 is 1.56 bits per heavy atom. The van der Waals surface area contributed by atoms with Crippen LogP contribution in [0.4, 0.5) is 0 Å². The highest BCUT2D eigenvalue weighted by Gasteiger charge is 2.16. The Labute approximate surface area is 108 Å². The van der Waals surface area contributed by atoms with Crippen LogP contribution in [0.15, 0.2) is 16.5 Å². The Morgan fingerprint density at radius 2 is 2.44 bits per heavy atom. The maximum absolute atomic E-state index is 11.6. The van der Waals surface area contributed by atoms with E-state index in [0.717, 1.165) is 11.5 Å². The number of halogens is 1. The zero-order valence-electron chi connectivity index (χ0n) is 8.57. The van der Waals surface area contributed by atoms with Crippen LogP contribution in [-0.2, 0) is 0 Å². The summed E-state index contributed by atoms with van der Waals surface area (Å²) < 4.78 is 5.03. The summed E-state index contributed by atoms with van der Waals surface area (Å²) in [5.41, 5.74) is 0. The van der Waals surface area contributed by atoms with E-state index in [1.807, 2.05) is 23.5 Å². The molecule has 2 heterocycles. The van der Waals surface area contributed by atoms with Crippen LogP contribution in [0.25, 0.3) is 0 Å². The first-order valence-corrected chi connectivity index (χ1v) is 7.57. The maximum Gasteiger partial charge on any atom is 0.287 e. The largest absolute Gasteiger partial charge is 0.440 e. The number of amides is 1. The first-order valence-electron chi connectivity index (χ1n) is 4.98. The van der Waals surface area contributed by atoms with Gasteiger partial charge in [0.15, 0.2) is 11.0 Å². The van der Waals surface area contributed by atoms with Crippen LogP contribution in [0, 0.1) is 0 Å². The zero-order valence-corrected chi connectivity index (χ0v) is 11.0. The number of carbonyl (C=O) groups excluding carboxylic acids is 1. The Balaban J connectivity index is 1.79. The SMILES string of the molecule is O=C(NCC1CSCCS1)c1ccc(Cl)o1. The summed E-state index contributed by atoms with van der Waals surface area (Å²) in [7, 11) is 0. The topological polar surface area (TPSA) is 42.2 Å². The van der Waals surface area contributed by atoms with E-state index < -0.39 is 0 Å². The number of carbonyl (C=O) groups is 1. The number of furan rings is 1. The summed E-state index contributed by atoms with van der Waals surface area (Å²) in [6.45, 7) is 0.689. The van der Waals surface area contributed by atoms with Crippen molar-refractivity contribution in [2.75, 3.05) is 23.8 Å². The van der Waals surface area contributed by atoms with Gasteiger partial charge in [0.25, 0.3) is 5.91 Å². The monoisotopic (exact) mass is 277 g/mol. The first kappa shape index (κ1) is 12.2. The molecule has 2 rings (SSSR count). The molecule has 1 amide bonds. The highest BCUT2D eigenvalue weighted by molar-refractivity contribution is 8.06. The van der Waals surface area contributed by atoms with Gasteiger partial charge in [-0.3, -0.25) is 4.79 Å². The van der Waals surface area contributed by atoms with Crippen molar-refractivity contribution < 1.29 is 9.21 Å². The molecule has 0 aromatic carbocycles. The summed E-state index contributed by atoms with van der Waals surface area (Å²) >= 11 is 9.45. The van der Waals surface area contributed by atoms with Gasteiger partial charge < -0.3 is 9.73 Å². The van der Waals surface area contributed by atoms with Crippen molar-refractivity contribution in [1.82, 2.24) is 5.32 Å². The molecule has 0 saturated carbocycles. The van der Waals surface area contributed by atoms with E-state index in [2.05, 4.69) is 5.32 Å². The van der Waals surface area contributed by atoms with E-state index >= 15 is 0 Å². The fourth-order valence-electron chi connectivity index (χ4n) is 1.38. The molecule has 1 unspecified atom stereocenters. The lowest BCUT2D eigenvalue weighted by atomic mass is 10.4. The molecule has 1 N–H and O–H groups in total. The highest BCUT2D eigenvalue weighted by atomic mass is 35.5. The Kier molecular flexibility index (Phi) is 4.49. The summed E-state index contributed by atoms with van der Waals surface area (Å²) in [5.74, 6) is 3.56. The van der Waals surface area contributed by atoms with Gasteiger partial charge in [0.1, 0.15) is 0 Å². The van der Waals surface area contributed by atoms with E-state index in [-0.39, 0.29) is 16.9 Å². The number of rotatable bonds is 3. The number of hydrogen-bond acceptors (Lipinski definition) is 4. The molecular formula is C10H12ClNO2S2. The number of hydrogen-bond donors (Lipinski definition) is 1. The van der Waals surface area contributed by atoms with Gasteiger partial charge in [-0.05, 0) is 23.7 Å². The molecule has 88 valence electrons. The molecule has 1 saturated heterocycles. The average molecular weight is 278 g/mol. The molecule has 1 atom stereocenters. The lowest BCUT2D eigenvalue weighted by Gasteiger charge is -2.20. The van der Waals surface area contributed by atoms with Gasteiger partial charge in [0, 0.05) is 29.1 Å². The maximum atomic E-state index is 11.6. The van der Waals surface area contributed by atoms with E-state index in [1.165, 1.54) is 5.75 Å². The minimum absolute atomic E-state index is 0.192. The van der Waals surface area contributed by atoms with Gasteiger partial charge in [0.05, 0.1) is 0 Å². The van der Waals surface area contributed by atoms with E-state index in [9.17, 15) is 4.79 Å². The molecule has 0 spiro atoms. The summed E-state index contributed by atoms with van der Waals surface area (Å²) in [6.07, 6.45) is 0. The first-order chi connectivity index (χ1) is 7.75. The predicted octanol–water partition coefficient (Wildman–Crippen LogP) is 2.51. The van der Waals surface area contributed by atoms with Crippen LogP contribution in [0.2, 0.25) is 5.22 Å². The van der Waals surface area contributed by atoms with Crippen molar-refractivity contribution in [2.45, 2.75) is 5.25 Å². The summed E-state index contributed by atoms with van der Waals surface area (Å²) in [6, 6.07) is 3.15. The Bertz CT molecular complexity index is 363. The third-order valence-electron chi connectivity index (χ3n) is 2.17. The van der Waals surface area contributed by atoms with E-state index in [4.69, 9.17) is 16.0 Å². The van der Waals surface area contributed by atoms with Crippen molar-refractivity contribution >= 4 is 41.0 Å². The normalized spacial score (nSPS) is 20.7. The quantitative estimate of drug-likeness (QED) is 0.922. The van der Waals surface area contributed by atoms with Crippen LogP contribution in [0.5, 0.6) is 0 Å². The number of nitrogens with one attached hydrogen (secondary N) is 1. The van der Waals surface area contributed by atoms with Gasteiger partial charge in [0.2, 0.25) is 0 Å². The fraction of sp³-hybridized carbons (Fsp3) is 0.500. The van der Waals surface area contributed by atoms with Crippen molar-refractivity contribution in [3.8, 4) is 0 Å². The van der Waals surface area contributed by atoms with Gasteiger partial charge in [-0.15, -0.1) is 0 Å². The van der Waals surface area contributed by atoms with Gasteiger partial charge in [-0.1, -0.05) is 0 Å². The molecule has 0 radical (unpaired) electrons. The molecule has 6 heteroatoms. The van der Waals surface area contributed by atoms with Crippen LogP contribution in [-0.4, -0.2) is 35.0 Å². The van der Waals surface area contributed by atoms with Gasteiger partial charge in [-0.2, -0.15) is 23.5 Å². The molecule has 1 aromatic rings. The number of thioether (sulfide) groups is 2. The van der Waals surface area contributed by atoms with Crippen LogP contribution in [0.1, 0.15) is 10.6 Å². The molecule has 1 aliphatic rings. The third-order valence-corrected chi connectivity index (χ3v) is 5.22. The average Bonchev–Trinajstić information content (AvgIpc) is 2.74. The lowest BCUT2D eigenvalue weighted by molar-refractivity contribution is 0.0926. The third kappa shape index (κ3) is 3.37. The molecule has 16 heavy (non-hydrogen) atoms. The van der Waals surface area contributed by atoms with E-state index in [1.54, 1.807) is 12.1 Å². The van der Waals surface area contributed by atoms with Gasteiger partial charge in [-0.25, -0.2) is 0 Å². The summed E-state index contributed by atoms with van der Waals surface area (Å²) in [4.78, 5) is 11.6. The fourth-order valence-corrected chi connectivity index (χ4v) is 4.14. The zero-order chi connectivity index (χ0) is 11.4. The minimum Gasteiger partial charge on any atom is -0.440 e. The van der Waals surface area contributed by atoms with Crippen molar-refractivity contribution in [1.29, 1.82) is 0 Å². The van der Waals surface area contributed by atoms with E-state index in [0.29, 0.717) is 11.8 Å². The summed E-state index contributed by atoms with van der Waals surface area (Å²) in [5, 5.41) is 3.61. The lowest BCUT2D eigenvalue weighted by Crippen LogP contribution is -2.33. The van der Waals surface area contributed by atoms with Gasteiger partial charge >= 0.3 is 0 Å². The van der Waals surface area contributed by atoms with Crippen LogP contribution in [0.3, 0.4) is 0 Å². The molecule has 1 aromatic heterocycles. The molecule has 0 aliphatic carbocycles. The van der Waals surface area contributed by atoms with Crippen molar-refractivity contribution in [3.63, 3.8) is 0 Å². The molecule has 0 bridgehead atoms.